The molecule has 1 aliphatic heterocycles. The van der Waals surface area contributed by atoms with E-state index in [4.69, 9.17) is 0 Å². The standard InChI is InChI=1S/C19H17FN2O4/c1-26-19(25)12-4-2-7-16(8-12)22-11-13(9-17(22)23)18(24)21-15-6-3-5-14(20)10-15/h2-8,10,13H,9,11H2,1H3,(H,21,24). The lowest BCUT2D eigenvalue weighted by atomic mass is 10.1. The minimum atomic E-state index is -0.562. The van der Waals surface area contributed by atoms with E-state index >= 15 is 0 Å². The molecule has 0 saturated carbocycles. The molecule has 1 atom stereocenters. The molecule has 0 aromatic heterocycles. The predicted octanol–water partition coefficient (Wildman–Crippen LogP) is 2.60. The molecule has 0 radical (unpaired) electrons. The SMILES string of the molecule is COC(=O)c1cccc(N2CC(C(=O)Nc3cccc(F)c3)CC2=O)c1. The van der Waals surface area contributed by atoms with E-state index in [2.05, 4.69) is 10.1 Å². The first-order valence-electron chi connectivity index (χ1n) is 8.03. The molecule has 1 aliphatic rings. The summed E-state index contributed by atoms with van der Waals surface area (Å²) in [5.74, 6) is -2.08. The number of ether oxygens (including phenoxy) is 1. The van der Waals surface area contributed by atoms with Crippen LogP contribution in [0.2, 0.25) is 0 Å². The Morgan fingerprint density at radius 1 is 1.19 bits per heavy atom. The molecule has 0 aliphatic carbocycles. The van der Waals surface area contributed by atoms with E-state index in [0.717, 1.165) is 0 Å². The Labute approximate surface area is 149 Å². The molecule has 7 heteroatoms. The van der Waals surface area contributed by atoms with E-state index in [0.29, 0.717) is 16.9 Å². The zero-order chi connectivity index (χ0) is 18.7. The highest BCUT2D eigenvalue weighted by atomic mass is 19.1. The van der Waals surface area contributed by atoms with Crippen molar-refractivity contribution < 1.29 is 23.5 Å². The molecule has 0 spiro atoms. The van der Waals surface area contributed by atoms with Crippen LogP contribution in [0.1, 0.15) is 16.8 Å². The third-order valence-electron chi connectivity index (χ3n) is 4.17. The van der Waals surface area contributed by atoms with Crippen molar-refractivity contribution in [3.8, 4) is 0 Å². The number of esters is 1. The van der Waals surface area contributed by atoms with Gasteiger partial charge in [-0.05, 0) is 36.4 Å². The van der Waals surface area contributed by atoms with Gasteiger partial charge in [0, 0.05) is 24.3 Å². The number of carbonyl (C=O) groups is 3. The van der Waals surface area contributed by atoms with Crippen molar-refractivity contribution in [2.75, 3.05) is 23.9 Å². The van der Waals surface area contributed by atoms with Crippen molar-refractivity contribution in [3.05, 3.63) is 59.9 Å². The number of amides is 2. The van der Waals surface area contributed by atoms with Crippen molar-refractivity contribution in [2.45, 2.75) is 6.42 Å². The number of hydrogen-bond donors (Lipinski definition) is 1. The van der Waals surface area contributed by atoms with Crippen molar-refractivity contribution >= 4 is 29.2 Å². The Bertz CT molecular complexity index is 868. The van der Waals surface area contributed by atoms with Crippen LogP contribution in [0, 0.1) is 11.7 Å². The van der Waals surface area contributed by atoms with Crippen LogP contribution in [0.15, 0.2) is 48.5 Å². The number of nitrogens with zero attached hydrogens (tertiary/aromatic N) is 1. The maximum absolute atomic E-state index is 13.2. The predicted molar refractivity (Wildman–Crippen MR) is 93.3 cm³/mol. The number of benzene rings is 2. The first-order chi connectivity index (χ1) is 12.5. The maximum Gasteiger partial charge on any atom is 0.337 e. The normalized spacial score (nSPS) is 16.5. The van der Waals surface area contributed by atoms with Gasteiger partial charge in [-0.25, -0.2) is 9.18 Å². The van der Waals surface area contributed by atoms with E-state index in [-0.39, 0.29) is 24.8 Å². The van der Waals surface area contributed by atoms with Crippen molar-refractivity contribution in [1.29, 1.82) is 0 Å². The van der Waals surface area contributed by atoms with Gasteiger partial charge in [0.1, 0.15) is 5.82 Å². The van der Waals surface area contributed by atoms with Gasteiger partial charge >= 0.3 is 5.97 Å². The fourth-order valence-corrected chi connectivity index (χ4v) is 2.86. The summed E-state index contributed by atoms with van der Waals surface area (Å²) >= 11 is 0. The van der Waals surface area contributed by atoms with Crippen LogP contribution in [0.3, 0.4) is 0 Å². The van der Waals surface area contributed by atoms with Gasteiger partial charge in [0.2, 0.25) is 11.8 Å². The molecule has 1 unspecified atom stereocenters. The minimum Gasteiger partial charge on any atom is -0.465 e. The molecule has 26 heavy (non-hydrogen) atoms. The fraction of sp³-hybridized carbons (Fsp3) is 0.211. The van der Waals surface area contributed by atoms with Crippen LogP contribution in [0.5, 0.6) is 0 Å². The largest absolute Gasteiger partial charge is 0.465 e. The summed E-state index contributed by atoms with van der Waals surface area (Å²) in [4.78, 5) is 37.8. The average molecular weight is 356 g/mol. The van der Waals surface area contributed by atoms with Crippen LogP contribution in [0.25, 0.3) is 0 Å². The molecule has 3 rings (SSSR count). The first-order valence-corrected chi connectivity index (χ1v) is 8.03. The zero-order valence-electron chi connectivity index (χ0n) is 14.1. The van der Waals surface area contributed by atoms with Gasteiger partial charge in [0.25, 0.3) is 0 Å². The van der Waals surface area contributed by atoms with Gasteiger partial charge in [0.05, 0.1) is 18.6 Å². The first kappa shape index (κ1) is 17.6. The minimum absolute atomic E-state index is 0.0452. The lowest BCUT2D eigenvalue weighted by molar-refractivity contribution is -0.122. The highest BCUT2D eigenvalue weighted by Crippen LogP contribution is 2.27. The molecule has 1 heterocycles. The lowest BCUT2D eigenvalue weighted by Gasteiger charge is -2.17. The number of rotatable bonds is 4. The van der Waals surface area contributed by atoms with Crippen molar-refractivity contribution in [2.24, 2.45) is 5.92 Å². The molecule has 134 valence electrons. The van der Waals surface area contributed by atoms with Gasteiger partial charge in [-0.1, -0.05) is 12.1 Å². The highest BCUT2D eigenvalue weighted by Gasteiger charge is 2.35. The second-order valence-electron chi connectivity index (χ2n) is 5.95. The summed E-state index contributed by atoms with van der Waals surface area (Å²) in [6.45, 7) is 0.185. The van der Waals surface area contributed by atoms with E-state index in [1.807, 2.05) is 0 Å². The lowest BCUT2D eigenvalue weighted by Crippen LogP contribution is -2.28. The van der Waals surface area contributed by atoms with Gasteiger partial charge in [-0.2, -0.15) is 0 Å². The van der Waals surface area contributed by atoms with E-state index in [1.165, 1.54) is 30.2 Å². The van der Waals surface area contributed by atoms with Crippen LogP contribution in [-0.4, -0.2) is 31.4 Å². The second-order valence-corrected chi connectivity index (χ2v) is 5.95. The average Bonchev–Trinajstić information content (AvgIpc) is 3.03. The summed E-state index contributed by atoms with van der Waals surface area (Å²) in [5, 5.41) is 2.62. The molecule has 1 saturated heterocycles. The Morgan fingerprint density at radius 3 is 2.69 bits per heavy atom. The number of methoxy groups -OCH3 is 1. The number of anilines is 2. The summed E-state index contributed by atoms with van der Waals surface area (Å²) in [6, 6.07) is 12.1. The van der Waals surface area contributed by atoms with Gasteiger partial charge in [-0.3, -0.25) is 9.59 Å². The van der Waals surface area contributed by atoms with E-state index in [9.17, 15) is 18.8 Å². The molecule has 1 fully saturated rings. The Balaban J connectivity index is 1.72. The number of nitrogens with one attached hydrogen (secondary N) is 1. The summed E-state index contributed by atoms with van der Waals surface area (Å²) < 4.78 is 17.9. The zero-order valence-corrected chi connectivity index (χ0v) is 14.1. The highest BCUT2D eigenvalue weighted by molar-refractivity contribution is 6.04. The Kier molecular flexibility index (Phi) is 4.97. The molecular formula is C19H17FN2O4. The van der Waals surface area contributed by atoms with Crippen LogP contribution in [-0.2, 0) is 14.3 Å². The van der Waals surface area contributed by atoms with Crippen molar-refractivity contribution in [1.82, 2.24) is 0 Å². The number of hydrogen-bond acceptors (Lipinski definition) is 4. The van der Waals surface area contributed by atoms with Gasteiger partial charge in [-0.15, -0.1) is 0 Å². The second kappa shape index (κ2) is 7.35. The fourth-order valence-electron chi connectivity index (χ4n) is 2.86. The molecule has 6 nitrogen and oxygen atoms in total. The molecule has 2 amide bonds. The van der Waals surface area contributed by atoms with Crippen molar-refractivity contribution in [3.63, 3.8) is 0 Å². The number of halogens is 1. The van der Waals surface area contributed by atoms with Crippen LogP contribution in [0.4, 0.5) is 15.8 Å². The monoisotopic (exact) mass is 356 g/mol. The number of carbonyl (C=O) groups excluding carboxylic acids is 3. The molecule has 1 N–H and O–H groups in total. The molecule has 0 bridgehead atoms. The summed E-state index contributed by atoms with van der Waals surface area (Å²) in [6.07, 6.45) is 0.0452. The topological polar surface area (TPSA) is 75.7 Å². The maximum atomic E-state index is 13.2. The van der Waals surface area contributed by atoms with Gasteiger partial charge < -0.3 is 15.0 Å². The van der Waals surface area contributed by atoms with Gasteiger partial charge in [0.15, 0.2) is 0 Å². The third-order valence-corrected chi connectivity index (χ3v) is 4.17. The molecular weight excluding hydrogens is 339 g/mol. The Morgan fingerprint density at radius 2 is 1.96 bits per heavy atom. The Hall–Kier alpha value is -3.22. The third kappa shape index (κ3) is 3.72. The van der Waals surface area contributed by atoms with Crippen LogP contribution >= 0.6 is 0 Å². The smallest absolute Gasteiger partial charge is 0.337 e. The summed E-state index contributed by atoms with van der Waals surface area (Å²) in [5.41, 5.74) is 1.19. The summed E-state index contributed by atoms with van der Waals surface area (Å²) in [7, 11) is 1.28. The van der Waals surface area contributed by atoms with E-state index in [1.54, 1.807) is 30.3 Å². The quantitative estimate of drug-likeness (QED) is 0.855. The molecule has 2 aromatic carbocycles. The molecule has 2 aromatic rings. The van der Waals surface area contributed by atoms with Crippen LogP contribution < -0.4 is 10.2 Å². The van der Waals surface area contributed by atoms with E-state index < -0.39 is 17.7 Å².